The highest BCUT2D eigenvalue weighted by Crippen LogP contribution is 2.31. The highest BCUT2D eigenvalue weighted by molar-refractivity contribution is 5.88. The normalized spacial score (nSPS) is 14.1. The Hall–Kier alpha value is -2.02. The molecule has 1 aromatic carbocycles. The Balaban J connectivity index is 2.13. The lowest BCUT2D eigenvalue weighted by Gasteiger charge is -2.23. The first-order valence-corrected chi connectivity index (χ1v) is 5.69. The third-order valence-corrected chi connectivity index (χ3v) is 2.90. The Bertz CT molecular complexity index is 443. The number of hydrogen-bond donors (Lipinski definition) is 1. The minimum Gasteiger partial charge on any atom is -0.478 e. The zero-order chi connectivity index (χ0) is 12.3. The predicted molar refractivity (Wildman–Crippen MR) is 64.0 cm³/mol. The molecule has 0 spiro atoms. The SMILES string of the molecule is N#CCCN(c1ccc(C(=O)O)cc1)C1CC1. The second-order valence-corrected chi connectivity index (χ2v) is 4.18. The van der Waals surface area contributed by atoms with E-state index >= 15 is 0 Å². The Labute approximate surface area is 100 Å². The van der Waals surface area contributed by atoms with Gasteiger partial charge in [-0.15, -0.1) is 0 Å². The molecule has 0 aromatic heterocycles. The highest BCUT2D eigenvalue weighted by atomic mass is 16.4. The van der Waals surface area contributed by atoms with Crippen LogP contribution in [-0.2, 0) is 0 Å². The summed E-state index contributed by atoms with van der Waals surface area (Å²) < 4.78 is 0. The lowest BCUT2D eigenvalue weighted by molar-refractivity contribution is 0.0697. The number of benzene rings is 1. The monoisotopic (exact) mass is 230 g/mol. The number of nitriles is 1. The minimum absolute atomic E-state index is 0.296. The van der Waals surface area contributed by atoms with Gasteiger partial charge >= 0.3 is 5.97 Å². The van der Waals surface area contributed by atoms with Crippen LogP contribution >= 0.6 is 0 Å². The van der Waals surface area contributed by atoms with Crippen molar-refractivity contribution in [2.24, 2.45) is 0 Å². The van der Waals surface area contributed by atoms with Gasteiger partial charge in [-0.1, -0.05) is 0 Å². The average Bonchev–Trinajstić information content (AvgIpc) is 3.14. The fourth-order valence-electron chi connectivity index (χ4n) is 1.87. The third kappa shape index (κ3) is 2.76. The molecular formula is C13H14N2O2. The van der Waals surface area contributed by atoms with Crippen molar-refractivity contribution in [2.75, 3.05) is 11.4 Å². The Morgan fingerprint density at radius 2 is 2.06 bits per heavy atom. The predicted octanol–water partition coefficient (Wildman–Crippen LogP) is 2.27. The van der Waals surface area contributed by atoms with Crippen molar-refractivity contribution in [3.05, 3.63) is 29.8 Å². The maximum Gasteiger partial charge on any atom is 0.335 e. The van der Waals surface area contributed by atoms with E-state index in [2.05, 4.69) is 11.0 Å². The van der Waals surface area contributed by atoms with Crippen LogP contribution in [0.2, 0.25) is 0 Å². The van der Waals surface area contributed by atoms with Gasteiger partial charge in [-0.25, -0.2) is 4.79 Å². The van der Waals surface area contributed by atoms with E-state index in [1.165, 1.54) is 0 Å². The summed E-state index contributed by atoms with van der Waals surface area (Å²) in [4.78, 5) is 12.9. The van der Waals surface area contributed by atoms with Gasteiger partial charge in [0.2, 0.25) is 0 Å². The molecule has 0 aliphatic heterocycles. The molecule has 17 heavy (non-hydrogen) atoms. The molecule has 0 saturated heterocycles. The van der Waals surface area contributed by atoms with Crippen molar-refractivity contribution in [1.82, 2.24) is 0 Å². The summed E-state index contributed by atoms with van der Waals surface area (Å²) in [5, 5.41) is 17.4. The standard InChI is InChI=1S/C13H14N2O2/c14-8-1-9-15(12-6-7-12)11-4-2-10(3-5-11)13(16)17/h2-5,12H,1,6-7,9H2,(H,16,17). The van der Waals surface area contributed by atoms with Gasteiger partial charge < -0.3 is 10.0 Å². The van der Waals surface area contributed by atoms with Crippen LogP contribution in [0.25, 0.3) is 0 Å². The van der Waals surface area contributed by atoms with Gasteiger partial charge in [0, 0.05) is 18.3 Å². The number of hydrogen-bond acceptors (Lipinski definition) is 3. The molecule has 0 amide bonds. The second-order valence-electron chi connectivity index (χ2n) is 4.18. The number of anilines is 1. The quantitative estimate of drug-likeness (QED) is 0.842. The number of aromatic carboxylic acids is 1. The first kappa shape index (κ1) is 11.5. The van der Waals surface area contributed by atoms with E-state index < -0.39 is 5.97 Å². The number of nitrogens with zero attached hydrogens (tertiary/aromatic N) is 2. The van der Waals surface area contributed by atoms with Crippen LogP contribution in [0, 0.1) is 11.3 Å². The van der Waals surface area contributed by atoms with Crippen LogP contribution in [0.3, 0.4) is 0 Å². The number of carbonyl (C=O) groups is 1. The highest BCUT2D eigenvalue weighted by Gasteiger charge is 2.28. The van der Waals surface area contributed by atoms with Gasteiger partial charge in [-0.2, -0.15) is 5.26 Å². The molecule has 88 valence electrons. The summed E-state index contributed by atoms with van der Waals surface area (Å²) in [7, 11) is 0. The van der Waals surface area contributed by atoms with E-state index in [1.807, 2.05) is 12.1 Å². The maximum absolute atomic E-state index is 10.7. The fraction of sp³-hybridized carbons (Fsp3) is 0.385. The molecule has 2 rings (SSSR count). The molecule has 0 heterocycles. The smallest absolute Gasteiger partial charge is 0.335 e. The third-order valence-electron chi connectivity index (χ3n) is 2.90. The molecule has 1 fully saturated rings. The van der Waals surface area contributed by atoms with Crippen LogP contribution in [0.1, 0.15) is 29.6 Å². The zero-order valence-corrected chi connectivity index (χ0v) is 9.47. The van der Waals surface area contributed by atoms with E-state index in [4.69, 9.17) is 10.4 Å². The van der Waals surface area contributed by atoms with Crippen LogP contribution in [0.5, 0.6) is 0 Å². The molecule has 0 radical (unpaired) electrons. The summed E-state index contributed by atoms with van der Waals surface area (Å²) in [5.74, 6) is -0.911. The van der Waals surface area contributed by atoms with E-state index in [0.29, 0.717) is 24.6 Å². The first-order valence-electron chi connectivity index (χ1n) is 5.69. The molecule has 1 N–H and O–H groups in total. The van der Waals surface area contributed by atoms with Gasteiger partial charge in [0.15, 0.2) is 0 Å². The van der Waals surface area contributed by atoms with E-state index in [0.717, 1.165) is 18.5 Å². The summed E-state index contributed by atoms with van der Waals surface area (Å²) in [6.07, 6.45) is 2.81. The molecule has 0 unspecified atom stereocenters. The average molecular weight is 230 g/mol. The van der Waals surface area contributed by atoms with Crippen LogP contribution < -0.4 is 4.90 Å². The maximum atomic E-state index is 10.7. The summed E-state index contributed by atoms with van der Waals surface area (Å²) in [5.41, 5.74) is 1.30. The van der Waals surface area contributed by atoms with Crippen molar-refractivity contribution in [3.63, 3.8) is 0 Å². The molecule has 1 aliphatic rings. The molecule has 0 bridgehead atoms. The molecule has 0 atom stereocenters. The van der Waals surface area contributed by atoms with Crippen LogP contribution in [0.15, 0.2) is 24.3 Å². The molecular weight excluding hydrogens is 216 g/mol. The summed E-state index contributed by atoms with van der Waals surface area (Å²) in [6.45, 7) is 0.716. The van der Waals surface area contributed by atoms with Gasteiger partial charge in [-0.3, -0.25) is 0 Å². The molecule has 4 nitrogen and oxygen atoms in total. The molecule has 4 heteroatoms. The van der Waals surface area contributed by atoms with E-state index in [1.54, 1.807) is 12.1 Å². The minimum atomic E-state index is -0.911. The lowest BCUT2D eigenvalue weighted by atomic mass is 10.2. The number of carboxylic acids is 1. The van der Waals surface area contributed by atoms with E-state index in [-0.39, 0.29) is 0 Å². The number of rotatable bonds is 5. The van der Waals surface area contributed by atoms with Gasteiger partial charge in [-0.05, 0) is 37.1 Å². The first-order chi connectivity index (χ1) is 8.22. The van der Waals surface area contributed by atoms with Gasteiger partial charge in [0.05, 0.1) is 18.1 Å². The van der Waals surface area contributed by atoms with Crippen molar-refractivity contribution in [2.45, 2.75) is 25.3 Å². The topological polar surface area (TPSA) is 64.3 Å². The van der Waals surface area contributed by atoms with Crippen LogP contribution in [-0.4, -0.2) is 23.7 Å². The molecule has 1 aliphatic carbocycles. The largest absolute Gasteiger partial charge is 0.478 e. The Morgan fingerprint density at radius 1 is 1.41 bits per heavy atom. The summed E-state index contributed by atoms with van der Waals surface area (Å²) in [6, 6.07) is 9.53. The Morgan fingerprint density at radius 3 is 2.53 bits per heavy atom. The molecule has 1 saturated carbocycles. The van der Waals surface area contributed by atoms with Crippen molar-refractivity contribution in [3.8, 4) is 6.07 Å². The van der Waals surface area contributed by atoms with Crippen LogP contribution in [0.4, 0.5) is 5.69 Å². The van der Waals surface area contributed by atoms with Crippen molar-refractivity contribution < 1.29 is 9.90 Å². The van der Waals surface area contributed by atoms with E-state index in [9.17, 15) is 4.79 Å². The fourth-order valence-corrected chi connectivity index (χ4v) is 1.87. The lowest BCUT2D eigenvalue weighted by Crippen LogP contribution is -2.26. The van der Waals surface area contributed by atoms with Crippen molar-refractivity contribution >= 4 is 11.7 Å². The zero-order valence-electron chi connectivity index (χ0n) is 9.47. The molecule has 1 aromatic rings. The Kier molecular flexibility index (Phi) is 3.29. The van der Waals surface area contributed by atoms with Gasteiger partial charge in [0.1, 0.15) is 0 Å². The van der Waals surface area contributed by atoms with Crippen molar-refractivity contribution in [1.29, 1.82) is 5.26 Å². The second kappa shape index (κ2) is 4.88. The van der Waals surface area contributed by atoms with Gasteiger partial charge in [0.25, 0.3) is 0 Å². The number of carboxylic acid groups (broad SMARTS) is 1. The summed E-state index contributed by atoms with van der Waals surface area (Å²) >= 11 is 0.